The molecule has 4 heteroatoms. The number of anilines is 1. The first-order chi connectivity index (χ1) is 9.67. The van der Waals surface area contributed by atoms with Crippen LogP contribution in [0.4, 0.5) is 10.1 Å². The SMILES string of the molecule is COc1ccc(NC(=O)/C=C\c2ccc(F)cc2)cc1. The smallest absolute Gasteiger partial charge is 0.248 e. The van der Waals surface area contributed by atoms with E-state index < -0.39 is 0 Å². The van der Waals surface area contributed by atoms with E-state index >= 15 is 0 Å². The molecular formula is C16H14FNO2. The van der Waals surface area contributed by atoms with Crippen LogP contribution < -0.4 is 10.1 Å². The van der Waals surface area contributed by atoms with Gasteiger partial charge in [-0.1, -0.05) is 12.1 Å². The Morgan fingerprint density at radius 3 is 2.35 bits per heavy atom. The van der Waals surface area contributed by atoms with Gasteiger partial charge in [-0.25, -0.2) is 4.39 Å². The van der Waals surface area contributed by atoms with Gasteiger partial charge in [0.25, 0.3) is 0 Å². The van der Waals surface area contributed by atoms with Crippen molar-refractivity contribution in [1.82, 2.24) is 0 Å². The third kappa shape index (κ3) is 3.95. The van der Waals surface area contributed by atoms with Crippen LogP contribution in [0.15, 0.2) is 54.6 Å². The number of halogens is 1. The van der Waals surface area contributed by atoms with E-state index in [1.54, 1.807) is 49.6 Å². The topological polar surface area (TPSA) is 38.3 Å². The molecule has 0 radical (unpaired) electrons. The van der Waals surface area contributed by atoms with Crippen LogP contribution in [-0.2, 0) is 4.79 Å². The highest BCUT2D eigenvalue weighted by atomic mass is 19.1. The number of nitrogens with one attached hydrogen (secondary N) is 1. The highest BCUT2D eigenvalue weighted by molar-refractivity contribution is 6.01. The van der Waals surface area contributed by atoms with E-state index in [1.165, 1.54) is 18.2 Å². The lowest BCUT2D eigenvalue weighted by Crippen LogP contribution is -2.07. The molecule has 2 aromatic carbocycles. The maximum Gasteiger partial charge on any atom is 0.248 e. The predicted octanol–water partition coefficient (Wildman–Crippen LogP) is 3.49. The number of amides is 1. The minimum Gasteiger partial charge on any atom is -0.497 e. The number of benzene rings is 2. The zero-order valence-electron chi connectivity index (χ0n) is 11.0. The van der Waals surface area contributed by atoms with Crippen molar-refractivity contribution in [3.05, 3.63) is 66.0 Å². The third-order valence-electron chi connectivity index (χ3n) is 2.65. The lowest BCUT2D eigenvalue weighted by atomic mass is 10.2. The van der Waals surface area contributed by atoms with Crippen LogP contribution in [0.3, 0.4) is 0 Å². The molecule has 0 spiro atoms. The summed E-state index contributed by atoms with van der Waals surface area (Å²) in [6, 6.07) is 12.9. The van der Waals surface area contributed by atoms with Crippen LogP contribution in [-0.4, -0.2) is 13.0 Å². The highest BCUT2D eigenvalue weighted by Crippen LogP contribution is 2.15. The van der Waals surface area contributed by atoms with Gasteiger partial charge in [-0.05, 0) is 48.0 Å². The molecule has 0 unspecified atom stereocenters. The molecule has 102 valence electrons. The van der Waals surface area contributed by atoms with E-state index in [0.29, 0.717) is 5.69 Å². The fourth-order valence-corrected chi connectivity index (χ4v) is 1.60. The molecule has 0 aromatic heterocycles. The van der Waals surface area contributed by atoms with E-state index in [9.17, 15) is 9.18 Å². The van der Waals surface area contributed by atoms with Crippen molar-refractivity contribution in [2.24, 2.45) is 0 Å². The second-order valence-corrected chi connectivity index (χ2v) is 4.10. The molecule has 2 aromatic rings. The van der Waals surface area contributed by atoms with Crippen molar-refractivity contribution in [3.63, 3.8) is 0 Å². The van der Waals surface area contributed by atoms with Crippen LogP contribution in [0.2, 0.25) is 0 Å². The van der Waals surface area contributed by atoms with Crippen LogP contribution >= 0.6 is 0 Å². The number of carbonyl (C=O) groups excluding carboxylic acids is 1. The average molecular weight is 271 g/mol. The summed E-state index contributed by atoms with van der Waals surface area (Å²) in [6.07, 6.45) is 3.02. The number of ether oxygens (including phenoxy) is 1. The summed E-state index contributed by atoms with van der Waals surface area (Å²) in [4.78, 5) is 11.7. The van der Waals surface area contributed by atoms with Crippen molar-refractivity contribution in [2.75, 3.05) is 12.4 Å². The van der Waals surface area contributed by atoms with Crippen molar-refractivity contribution in [1.29, 1.82) is 0 Å². The van der Waals surface area contributed by atoms with Crippen molar-refractivity contribution in [2.45, 2.75) is 0 Å². The molecule has 0 aliphatic rings. The van der Waals surface area contributed by atoms with E-state index in [2.05, 4.69) is 5.32 Å². The van der Waals surface area contributed by atoms with Crippen LogP contribution in [0, 0.1) is 5.82 Å². The number of carbonyl (C=O) groups is 1. The fourth-order valence-electron chi connectivity index (χ4n) is 1.60. The standard InChI is InChI=1S/C16H14FNO2/c1-20-15-9-7-14(8-10-15)18-16(19)11-4-12-2-5-13(17)6-3-12/h2-11H,1H3,(H,18,19)/b11-4-. The molecule has 3 nitrogen and oxygen atoms in total. The first kappa shape index (κ1) is 13.8. The number of hydrogen-bond donors (Lipinski definition) is 1. The minimum absolute atomic E-state index is 0.250. The van der Waals surface area contributed by atoms with Gasteiger partial charge in [0.2, 0.25) is 5.91 Å². The molecule has 0 fully saturated rings. The van der Waals surface area contributed by atoms with E-state index in [-0.39, 0.29) is 11.7 Å². The molecule has 1 amide bonds. The molecule has 0 saturated carbocycles. The van der Waals surface area contributed by atoms with Crippen LogP contribution in [0.25, 0.3) is 6.08 Å². The molecule has 0 heterocycles. The summed E-state index contributed by atoms with van der Waals surface area (Å²) in [7, 11) is 1.58. The summed E-state index contributed by atoms with van der Waals surface area (Å²) >= 11 is 0. The third-order valence-corrected chi connectivity index (χ3v) is 2.65. The second-order valence-electron chi connectivity index (χ2n) is 4.10. The van der Waals surface area contributed by atoms with E-state index in [4.69, 9.17) is 4.74 Å². The van der Waals surface area contributed by atoms with Crippen molar-refractivity contribution in [3.8, 4) is 5.75 Å². The van der Waals surface area contributed by atoms with Gasteiger partial charge in [0.15, 0.2) is 0 Å². The van der Waals surface area contributed by atoms with Gasteiger partial charge in [-0.15, -0.1) is 0 Å². The summed E-state index contributed by atoms with van der Waals surface area (Å²) in [5.74, 6) is 0.175. The summed E-state index contributed by atoms with van der Waals surface area (Å²) < 4.78 is 17.8. The molecule has 0 aliphatic heterocycles. The first-order valence-corrected chi connectivity index (χ1v) is 6.06. The lowest BCUT2D eigenvalue weighted by molar-refractivity contribution is -0.111. The molecule has 2 rings (SSSR count). The molecule has 20 heavy (non-hydrogen) atoms. The van der Waals surface area contributed by atoms with E-state index in [0.717, 1.165) is 11.3 Å². The zero-order valence-corrected chi connectivity index (χ0v) is 11.0. The minimum atomic E-state index is -0.301. The van der Waals surface area contributed by atoms with Crippen LogP contribution in [0.1, 0.15) is 5.56 Å². The number of methoxy groups -OCH3 is 1. The molecule has 0 aliphatic carbocycles. The maximum atomic E-state index is 12.7. The Morgan fingerprint density at radius 1 is 1.10 bits per heavy atom. The van der Waals surface area contributed by atoms with E-state index in [1.807, 2.05) is 0 Å². The van der Waals surface area contributed by atoms with Crippen molar-refractivity contribution < 1.29 is 13.9 Å². The normalized spacial score (nSPS) is 10.5. The molecular weight excluding hydrogens is 257 g/mol. The maximum absolute atomic E-state index is 12.7. The summed E-state index contributed by atoms with van der Waals surface area (Å²) in [5.41, 5.74) is 1.44. The van der Waals surface area contributed by atoms with Gasteiger partial charge in [-0.2, -0.15) is 0 Å². The van der Waals surface area contributed by atoms with Gasteiger partial charge >= 0.3 is 0 Å². The molecule has 1 N–H and O–H groups in total. The van der Waals surface area contributed by atoms with Gasteiger partial charge in [-0.3, -0.25) is 4.79 Å². The monoisotopic (exact) mass is 271 g/mol. The Hall–Kier alpha value is -2.62. The van der Waals surface area contributed by atoms with Gasteiger partial charge < -0.3 is 10.1 Å². The zero-order chi connectivity index (χ0) is 14.4. The van der Waals surface area contributed by atoms with Crippen molar-refractivity contribution >= 4 is 17.7 Å². The first-order valence-electron chi connectivity index (χ1n) is 6.06. The Labute approximate surface area is 116 Å². The summed E-state index contributed by atoms with van der Waals surface area (Å²) in [5, 5.41) is 2.72. The van der Waals surface area contributed by atoms with Crippen LogP contribution in [0.5, 0.6) is 5.75 Å². The fraction of sp³-hybridized carbons (Fsp3) is 0.0625. The summed E-state index contributed by atoms with van der Waals surface area (Å²) in [6.45, 7) is 0. The number of hydrogen-bond acceptors (Lipinski definition) is 2. The molecule has 0 bridgehead atoms. The predicted molar refractivity (Wildman–Crippen MR) is 77.1 cm³/mol. The Morgan fingerprint density at radius 2 is 1.75 bits per heavy atom. The quantitative estimate of drug-likeness (QED) is 0.864. The average Bonchev–Trinajstić information content (AvgIpc) is 2.47. The van der Waals surface area contributed by atoms with Gasteiger partial charge in [0.05, 0.1) is 7.11 Å². The number of rotatable bonds is 4. The van der Waals surface area contributed by atoms with Gasteiger partial charge in [0, 0.05) is 11.8 Å². The second kappa shape index (κ2) is 6.52. The Kier molecular flexibility index (Phi) is 4.50. The Balaban J connectivity index is 1.96. The largest absolute Gasteiger partial charge is 0.497 e. The molecule has 0 atom stereocenters. The lowest BCUT2D eigenvalue weighted by Gasteiger charge is -2.03. The van der Waals surface area contributed by atoms with Gasteiger partial charge in [0.1, 0.15) is 11.6 Å². The molecule has 0 saturated heterocycles. The Bertz CT molecular complexity index is 603. The highest BCUT2D eigenvalue weighted by Gasteiger charge is 1.98.